The predicted octanol–water partition coefficient (Wildman–Crippen LogP) is 2.73. The molecule has 0 aliphatic rings. The lowest BCUT2D eigenvalue weighted by Crippen LogP contribution is -2.31. The second-order valence-corrected chi connectivity index (χ2v) is 9.18. The fourth-order valence-corrected chi connectivity index (χ4v) is 3.87. The van der Waals surface area contributed by atoms with Crippen molar-refractivity contribution < 1.29 is 41.4 Å². The van der Waals surface area contributed by atoms with E-state index in [1.165, 1.54) is 17.1 Å². The number of nitrogens with zero attached hydrogens (tertiary/aromatic N) is 6. The molecule has 0 saturated carbocycles. The van der Waals surface area contributed by atoms with Gasteiger partial charge in [-0.05, 0) is 23.8 Å². The molecule has 12 nitrogen and oxygen atoms in total. The van der Waals surface area contributed by atoms with E-state index in [-0.39, 0.29) is 43.1 Å². The molecule has 2 aromatic heterocycles. The number of amides is 2. The number of aliphatic hydroxyl groups is 1. The SMILES string of the molecule is O=C(NCc1cc(OC(F)(F)F)ccc1F)c1cn(CCC(F)Cn2cc(C(=O)N[C@H](CO)c3ccccc3)nn2)nn1. The van der Waals surface area contributed by atoms with Gasteiger partial charge in [0.25, 0.3) is 11.8 Å². The smallest absolute Gasteiger partial charge is 0.406 e. The highest BCUT2D eigenvalue weighted by Gasteiger charge is 2.31. The predicted molar refractivity (Wildman–Crippen MR) is 138 cm³/mol. The number of hydrogen-bond acceptors (Lipinski definition) is 8. The summed E-state index contributed by atoms with van der Waals surface area (Å²) >= 11 is 0. The van der Waals surface area contributed by atoms with E-state index in [2.05, 4.69) is 36.0 Å². The van der Waals surface area contributed by atoms with Gasteiger partial charge in [-0.15, -0.1) is 23.4 Å². The first-order chi connectivity index (χ1) is 20.5. The fraction of sp³-hybridized carbons (Fsp3) is 0.308. The molecule has 2 aromatic carbocycles. The summed E-state index contributed by atoms with van der Waals surface area (Å²) in [6.45, 7) is -1.00. The van der Waals surface area contributed by atoms with Gasteiger partial charge in [0, 0.05) is 25.1 Å². The quantitative estimate of drug-likeness (QED) is 0.196. The highest BCUT2D eigenvalue weighted by molar-refractivity contribution is 5.92. The van der Waals surface area contributed by atoms with Crippen molar-refractivity contribution in [2.75, 3.05) is 6.61 Å². The molecule has 0 radical (unpaired) electrons. The molecule has 0 saturated heterocycles. The first kappa shape index (κ1) is 31.0. The molecule has 0 spiro atoms. The first-order valence-corrected chi connectivity index (χ1v) is 12.7. The van der Waals surface area contributed by atoms with Crippen LogP contribution < -0.4 is 15.4 Å². The van der Waals surface area contributed by atoms with Crippen LogP contribution in [0.4, 0.5) is 22.0 Å². The Balaban J connectivity index is 1.24. The normalized spacial score (nSPS) is 12.9. The van der Waals surface area contributed by atoms with Crippen LogP contribution in [0, 0.1) is 5.82 Å². The Labute approximate surface area is 240 Å². The van der Waals surface area contributed by atoms with Crippen LogP contribution in [-0.2, 0) is 19.6 Å². The van der Waals surface area contributed by atoms with E-state index in [9.17, 15) is 36.6 Å². The van der Waals surface area contributed by atoms with E-state index < -0.39 is 48.5 Å². The topological polar surface area (TPSA) is 149 Å². The molecule has 0 bridgehead atoms. The molecule has 2 heterocycles. The summed E-state index contributed by atoms with van der Waals surface area (Å²) in [5.74, 6) is -2.88. The van der Waals surface area contributed by atoms with Crippen LogP contribution >= 0.6 is 0 Å². The number of alkyl halides is 4. The molecule has 17 heteroatoms. The number of aryl methyl sites for hydroxylation is 1. The van der Waals surface area contributed by atoms with E-state index in [1.54, 1.807) is 30.3 Å². The maximum atomic E-state index is 14.6. The minimum absolute atomic E-state index is 0.0181. The Morgan fingerprint density at radius 2 is 1.65 bits per heavy atom. The average Bonchev–Trinajstić information content (AvgIpc) is 3.65. The molecule has 2 amide bonds. The van der Waals surface area contributed by atoms with Gasteiger partial charge in [-0.3, -0.25) is 14.3 Å². The number of carbonyl (C=O) groups excluding carboxylic acids is 2. The molecule has 0 aliphatic carbocycles. The molecule has 2 atom stereocenters. The molecule has 228 valence electrons. The van der Waals surface area contributed by atoms with Crippen LogP contribution in [0.2, 0.25) is 0 Å². The Morgan fingerprint density at radius 1 is 0.977 bits per heavy atom. The number of ether oxygens (including phenoxy) is 1. The summed E-state index contributed by atoms with van der Waals surface area (Å²) in [4.78, 5) is 24.9. The van der Waals surface area contributed by atoms with Gasteiger partial charge in [-0.25, -0.2) is 13.5 Å². The fourth-order valence-electron chi connectivity index (χ4n) is 3.87. The lowest BCUT2D eigenvalue weighted by molar-refractivity contribution is -0.274. The van der Waals surface area contributed by atoms with Crippen molar-refractivity contribution in [3.8, 4) is 5.75 Å². The van der Waals surface area contributed by atoms with Gasteiger partial charge in [0.1, 0.15) is 17.7 Å². The van der Waals surface area contributed by atoms with Crippen molar-refractivity contribution in [3.63, 3.8) is 0 Å². The Hall–Kier alpha value is -4.93. The molecule has 4 rings (SSSR count). The first-order valence-electron chi connectivity index (χ1n) is 12.7. The summed E-state index contributed by atoms with van der Waals surface area (Å²) in [5, 5.41) is 29.5. The number of aromatic nitrogens is 6. The van der Waals surface area contributed by atoms with Crippen molar-refractivity contribution >= 4 is 11.8 Å². The van der Waals surface area contributed by atoms with Crippen molar-refractivity contribution in [2.45, 2.75) is 44.6 Å². The highest BCUT2D eigenvalue weighted by Crippen LogP contribution is 2.24. The number of hydrogen-bond donors (Lipinski definition) is 3. The molecular formula is C26H25F5N8O4. The van der Waals surface area contributed by atoms with E-state index in [1.807, 2.05) is 0 Å². The van der Waals surface area contributed by atoms with Crippen molar-refractivity contribution in [1.29, 1.82) is 0 Å². The summed E-state index contributed by atoms with van der Waals surface area (Å²) in [5.41, 5.74) is 0.206. The minimum Gasteiger partial charge on any atom is -0.406 e. The second kappa shape index (κ2) is 13.8. The number of benzene rings is 2. The zero-order valence-electron chi connectivity index (χ0n) is 22.2. The maximum absolute atomic E-state index is 14.6. The van der Waals surface area contributed by atoms with E-state index in [0.717, 1.165) is 22.9 Å². The zero-order valence-corrected chi connectivity index (χ0v) is 22.2. The third kappa shape index (κ3) is 9.03. The largest absolute Gasteiger partial charge is 0.573 e. The van der Waals surface area contributed by atoms with E-state index in [4.69, 9.17) is 0 Å². The van der Waals surface area contributed by atoms with Crippen LogP contribution in [0.1, 0.15) is 44.6 Å². The molecule has 0 fully saturated rings. The molecule has 3 N–H and O–H groups in total. The molecule has 43 heavy (non-hydrogen) atoms. The van der Waals surface area contributed by atoms with Crippen molar-refractivity contribution in [1.82, 2.24) is 40.6 Å². The van der Waals surface area contributed by atoms with Crippen LogP contribution in [0.25, 0.3) is 0 Å². The Kier molecular flexibility index (Phi) is 9.97. The highest BCUT2D eigenvalue weighted by atomic mass is 19.4. The molecule has 0 aliphatic heterocycles. The van der Waals surface area contributed by atoms with E-state index >= 15 is 0 Å². The van der Waals surface area contributed by atoms with Gasteiger partial charge < -0.3 is 20.5 Å². The maximum Gasteiger partial charge on any atom is 0.573 e. The van der Waals surface area contributed by atoms with Crippen LogP contribution in [0.15, 0.2) is 60.9 Å². The monoisotopic (exact) mass is 608 g/mol. The third-order valence-electron chi connectivity index (χ3n) is 5.98. The van der Waals surface area contributed by atoms with E-state index in [0.29, 0.717) is 5.56 Å². The lowest BCUT2D eigenvalue weighted by atomic mass is 10.1. The van der Waals surface area contributed by atoms with Gasteiger partial charge in [0.05, 0.1) is 31.6 Å². The molecular weight excluding hydrogens is 583 g/mol. The number of aliphatic hydroxyl groups excluding tert-OH is 1. The standard InChI is InChI=1S/C26H25F5N8O4/c27-18(12-39-14-22(35-37-39)25(42)33-23(15-40)16-4-2-1-3-5-16)8-9-38-13-21(34-36-38)24(41)32-11-17-10-19(6-7-20(17)28)43-26(29,30)31/h1-7,10,13-14,18,23,40H,8-9,11-12,15H2,(H,32,41)(H,33,42)/t18?,23-/m1/s1. The van der Waals surface area contributed by atoms with Gasteiger partial charge in [0.2, 0.25) is 0 Å². The second-order valence-electron chi connectivity index (χ2n) is 9.18. The summed E-state index contributed by atoms with van der Waals surface area (Å²) < 4.78 is 71.9. The van der Waals surface area contributed by atoms with Gasteiger partial charge >= 0.3 is 6.36 Å². The Bertz CT molecular complexity index is 1530. The molecule has 1 unspecified atom stereocenters. The summed E-state index contributed by atoms with van der Waals surface area (Å²) in [7, 11) is 0. The number of rotatable bonds is 13. The Morgan fingerprint density at radius 3 is 2.35 bits per heavy atom. The van der Waals surface area contributed by atoms with Crippen molar-refractivity contribution in [2.24, 2.45) is 0 Å². The number of nitrogens with one attached hydrogen (secondary N) is 2. The summed E-state index contributed by atoms with van der Waals surface area (Å²) in [6, 6.07) is 10.6. The van der Waals surface area contributed by atoms with Crippen LogP contribution in [-0.4, -0.2) is 66.0 Å². The lowest BCUT2D eigenvalue weighted by Gasteiger charge is -2.15. The third-order valence-corrected chi connectivity index (χ3v) is 5.98. The molecule has 4 aromatic rings. The summed E-state index contributed by atoms with van der Waals surface area (Å²) in [6.07, 6.45) is -3.97. The minimum atomic E-state index is -4.96. The number of halogens is 5. The van der Waals surface area contributed by atoms with Crippen molar-refractivity contribution in [3.05, 3.63) is 89.3 Å². The van der Waals surface area contributed by atoms with Gasteiger partial charge in [-0.1, -0.05) is 40.8 Å². The number of carbonyl (C=O) groups is 2. The van der Waals surface area contributed by atoms with Crippen LogP contribution in [0.5, 0.6) is 5.75 Å². The van der Waals surface area contributed by atoms with Crippen LogP contribution in [0.3, 0.4) is 0 Å². The zero-order chi connectivity index (χ0) is 31.0. The van der Waals surface area contributed by atoms with Gasteiger partial charge in [-0.2, -0.15) is 0 Å². The average molecular weight is 609 g/mol. The van der Waals surface area contributed by atoms with Gasteiger partial charge in [0.15, 0.2) is 11.4 Å².